The maximum Gasteiger partial charge on any atom is 0.222 e. The standard InChI is InChI=1S/C14H18N4OS/c1-16-13(19)9-4-6-18(7-5-9)14-17-11-3-2-10(15)8-12(11)20-14/h2-3,8-9H,4-7,15H2,1H3,(H,16,19). The van der Waals surface area contributed by atoms with E-state index >= 15 is 0 Å². The van der Waals surface area contributed by atoms with Crippen molar-refractivity contribution in [3.8, 4) is 0 Å². The highest BCUT2D eigenvalue weighted by Crippen LogP contribution is 2.32. The quantitative estimate of drug-likeness (QED) is 0.828. The minimum Gasteiger partial charge on any atom is -0.399 e. The van der Waals surface area contributed by atoms with Gasteiger partial charge in [0.25, 0.3) is 0 Å². The maximum atomic E-state index is 11.6. The van der Waals surface area contributed by atoms with Crippen molar-refractivity contribution >= 4 is 38.3 Å². The van der Waals surface area contributed by atoms with Gasteiger partial charge >= 0.3 is 0 Å². The number of anilines is 2. The summed E-state index contributed by atoms with van der Waals surface area (Å²) < 4.78 is 1.12. The van der Waals surface area contributed by atoms with Crippen LogP contribution in [-0.4, -0.2) is 31.0 Å². The number of thiazole rings is 1. The lowest BCUT2D eigenvalue weighted by Gasteiger charge is -2.30. The van der Waals surface area contributed by atoms with E-state index in [0.717, 1.165) is 47.0 Å². The van der Waals surface area contributed by atoms with Crippen LogP contribution in [0.15, 0.2) is 18.2 Å². The van der Waals surface area contributed by atoms with Gasteiger partial charge in [-0.2, -0.15) is 0 Å². The molecule has 0 aliphatic carbocycles. The molecular formula is C14H18N4OS. The Hall–Kier alpha value is -1.82. The first-order valence-electron chi connectivity index (χ1n) is 6.80. The molecule has 0 spiro atoms. The van der Waals surface area contributed by atoms with Crippen LogP contribution < -0.4 is 16.0 Å². The van der Waals surface area contributed by atoms with Crippen LogP contribution in [0, 0.1) is 5.92 Å². The first kappa shape index (κ1) is 13.2. The van der Waals surface area contributed by atoms with Crippen LogP contribution in [0.25, 0.3) is 10.2 Å². The van der Waals surface area contributed by atoms with Crippen molar-refractivity contribution < 1.29 is 4.79 Å². The van der Waals surface area contributed by atoms with E-state index in [4.69, 9.17) is 5.73 Å². The van der Waals surface area contributed by atoms with Crippen molar-refractivity contribution in [1.82, 2.24) is 10.3 Å². The number of benzene rings is 1. The van der Waals surface area contributed by atoms with E-state index in [0.29, 0.717) is 0 Å². The predicted octanol–water partition coefficient (Wildman–Crippen LogP) is 1.84. The van der Waals surface area contributed by atoms with E-state index in [9.17, 15) is 4.79 Å². The number of aromatic nitrogens is 1. The van der Waals surface area contributed by atoms with Gasteiger partial charge in [-0.15, -0.1) is 0 Å². The van der Waals surface area contributed by atoms with Crippen LogP contribution in [0.4, 0.5) is 10.8 Å². The molecule has 2 heterocycles. The third-order valence-corrected chi connectivity index (χ3v) is 4.86. The number of carbonyl (C=O) groups excluding carboxylic acids is 1. The molecule has 20 heavy (non-hydrogen) atoms. The average Bonchev–Trinajstić information content (AvgIpc) is 2.89. The summed E-state index contributed by atoms with van der Waals surface area (Å²) in [6, 6.07) is 5.80. The summed E-state index contributed by atoms with van der Waals surface area (Å²) in [6.07, 6.45) is 1.77. The molecule has 5 nitrogen and oxygen atoms in total. The molecule has 1 aliphatic heterocycles. The number of rotatable bonds is 2. The number of hydrogen-bond acceptors (Lipinski definition) is 5. The predicted molar refractivity (Wildman–Crippen MR) is 83.0 cm³/mol. The Bertz CT molecular complexity index is 631. The Labute approximate surface area is 121 Å². The third kappa shape index (κ3) is 2.43. The summed E-state index contributed by atoms with van der Waals surface area (Å²) >= 11 is 1.67. The zero-order chi connectivity index (χ0) is 14.1. The van der Waals surface area contributed by atoms with Crippen LogP contribution in [-0.2, 0) is 4.79 Å². The van der Waals surface area contributed by atoms with Gasteiger partial charge in [0.05, 0.1) is 10.2 Å². The number of amides is 1. The molecule has 0 radical (unpaired) electrons. The van der Waals surface area contributed by atoms with Gasteiger partial charge in [0.1, 0.15) is 0 Å². The van der Waals surface area contributed by atoms with E-state index in [1.54, 1.807) is 18.4 Å². The molecule has 6 heteroatoms. The SMILES string of the molecule is CNC(=O)C1CCN(c2nc3ccc(N)cc3s2)CC1. The summed E-state index contributed by atoms with van der Waals surface area (Å²) in [7, 11) is 1.70. The Balaban J connectivity index is 1.75. The van der Waals surface area contributed by atoms with Crippen LogP contribution in [0.2, 0.25) is 0 Å². The molecule has 3 rings (SSSR count). The van der Waals surface area contributed by atoms with Gasteiger partial charge in [-0.1, -0.05) is 11.3 Å². The van der Waals surface area contributed by atoms with Crippen molar-refractivity contribution in [3.63, 3.8) is 0 Å². The third-order valence-electron chi connectivity index (χ3n) is 3.78. The molecule has 1 aliphatic rings. The molecule has 1 aromatic carbocycles. The zero-order valence-electron chi connectivity index (χ0n) is 11.4. The first-order valence-corrected chi connectivity index (χ1v) is 7.61. The van der Waals surface area contributed by atoms with E-state index in [1.807, 2.05) is 18.2 Å². The van der Waals surface area contributed by atoms with Crippen molar-refractivity contribution in [3.05, 3.63) is 18.2 Å². The molecule has 2 aromatic rings. The second kappa shape index (κ2) is 5.28. The smallest absolute Gasteiger partial charge is 0.222 e. The van der Waals surface area contributed by atoms with Crippen molar-refractivity contribution in [2.45, 2.75) is 12.8 Å². The largest absolute Gasteiger partial charge is 0.399 e. The highest BCUT2D eigenvalue weighted by Gasteiger charge is 2.25. The molecule has 1 aromatic heterocycles. The molecule has 3 N–H and O–H groups in total. The lowest BCUT2D eigenvalue weighted by Crippen LogP contribution is -2.39. The Morgan fingerprint density at radius 2 is 2.20 bits per heavy atom. The van der Waals surface area contributed by atoms with Gasteiger partial charge in [-0.05, 0) is 31.0 Å². The van der Waals surface area contributed by atoms with Gasteiger partial charge in [-0.25, -0.2) is 4.98 Å². The number of carbonyl (C=O) groups is 1. The highest BCUT2D eigenvalue weighted by atomic mass is 32.1. The lowest BCUT2D eigenvalue weighted by molar-refractivity contribution is -0.125. The molecule has 0 saturated carbocycles. The second-order valence-electron chi connectivity index (χ2n) is 5.10. The lowest BCUT2D eigenvalue weighted by atomic mass is 9.96. The van der Waals surface area contributed by atoms with Crippen LogP contribution in [0.5, 0.6) is 0 Å². The van der Waals surface area contributed by atoms with E-state index in [-0.39, 0.29) is 11.8 Å². The first-order chi connectivity index (χ1) is 9.67. The zero-order valence-corrected chi connectivity index (χ0v) is 12.2. The monoisotopic (exact) mass is 290 g/mol. The number of nitrogens with two attached hydrogens (primary N) is 1. The normalized spacial score (nSPS) is 16.6. The van der Waals surface area contributed by atoms with Gasteiger partial charge in [0.15, 0.2) is 5.13 Å². The maximum absolute atomic E-state index is 11.6. The van der Waals surface area contributed by atoms with Crippen molar-refractivity contribution in [1.29, 1.82) is 0 Å². The molecule has 1 amide bonds. The minimum absolute atomic E-state index is 0.140. The fraction of sp³-hybridized carbons (Fsp3) is 0.429. The Morgan fingerprint density at radius 1 is 1.45 bits per heavy atom. The van der Waals surface area contributed by atoms with Crippen LogP contribution in [0.1, 0.15) is 12.8 Å². The van der Waals surface area contributed by atoms with Crippen molar-refractivity contribution in [2.24, 2.45) is 5.92 Å². The molecule has 1 saturated heterocycles. The number of nitrogens with one attached hydrogen (secondary N) is 1. The number of hydrogen-bond donors (Lipinski definition) is 2. The summed E-state index contributed by atoms with van der Waals surface area (Å²) in [4.78, 5) is 18.6. The molecule has 106 valence electrons. The molecule has 0 unspecified atom stereocenters. The Kier molecular flexibility index (Phi) is 3.48. The molecule has 0 bridgehead atoms. The van der Waals surface area contributed by atoms with E-state index < -0.39 is 0 Å². The number of piperidine rings is 1. The Morgan fingerprint density at radius 3 is 2.90 bits per heavy atom. The average molecular weight is 290 g/mol. The van der Waals surface area contributed by atoms with E-state index in [1.165, 1.54) is 0 Å². The molecule has 1 fully saturated rings. The van der Waals surface area contributed by atoms with Gasteiger partial charge in [0, 0.05) is 31.7 Å². The van der Waals surface area contributed by atoms with Gasteiger partial charge in [-0.3, -0.25) is 4.79 Å². The summed E-state index contributed by atoms with van der Waals surface area (Å²) in [5.74, 6) is 0.294. The highest BCUT2D eigenvalue weighted by molar-refractivity contribution is 7.22. The summed E-state index contributed by atoms with van der Waals surface area (Å²) in [5, 5.41) is 3.76. The summed E-state index contributed by atoms with van der Waals surface area (Å²) in [6.45, 7) is 1.76. The molecular weight excluding hydrogens is 272 g/mol. The fourth-order valence-corrected chi connectivity index (χ4v) is 3.67. The van der Waals surface area contributed by atoms with Crippen LogP contribution >= 0.6 is 11.3 Å². The summed E-state index contributed by atoms with van der Waals surface area (Å²) in [5.41, 5.74) is 7.56. The number of nitrogen functional groups attached to an aromatic ring is 1. The molecule has 0 atom stereocenters. The number of fused-ring (bicyclic) bond motifs is 1. The topological polar surface area (TPSA) is 71.2 Å². The number of nitrogens with zero attached hydrogens (tertiary/aromatic N) is 2. The van der Waals surface area contributed by atoms with Gasteiger partial charge in [0.2, 0.25) is 5.91 Å². The minimum atomic E-state index is 0.140. The fourth-order valence-electron chi connectivity index (χ4n) is 2.60. The van der Waals surface area contributed by atoms with E-state index in [2.05, 4.69) is 15.2 Å². The van der Waals surface area contributed by atoms with Crippen molar-refractivity contribution in [2.75, 3.05) is 30.8 Å². The van der Waals surface area contributed by atoms with Gasteiger partial charge < -0.3 is 16.0 Å². The van der Waals surface area contributed by atoms with Crippen LogP contribution in [0.3, 0.4) is 0 Å². The second-order valence-corrected chi connectivity index (χ2v) is 6.11.